The van der Waals surface area contributed by atoms with E-state index in [1.165, 1.54) is 0 Å². The number of hydrogen-bond acceptors (Lipinski definition) is 4. The number of nitrogens with one attached hydrogen (secondary N) is 2. The van der Waals surface area contributed by atoms with E-state index in [9.17, 15) is 9.59 Å². The number of aromatic nitrogens is 1. The average molecular weight is 403 g/mol. The molecule has 0 aliphatic carbocycles. The molecule has 2 amide bonds. The van der Waals surface area contributed by atoms with Gasteiger partial charge in [0.1, 0.15) is 5.75 Å². The number of benzene rings is 2. The third-order valence-electron chi connectivity index (χ3n) is 4.77. The molecular formula is C24H25N3O3. The maximum atomic E-state index is 12.6. The van der Waals surface area contributed by atoms with Gasteiger partial charge >= 0.3 is 0 Å². The summed E-state index contributed by atoms with van der Waals surface area (Å²) in [5, 5.41) is 5.65. The molecule has 2 N–H and O–H groups in total. The maximum Gasteiger partial charge on any atom is 0.265 e. The number of para-hydroxylation sites is 1. The summed E-state index contributed by atoms with van der Waals surface area (Å²) in [6.45, 7) is 6.04. The molecule has 0 aliphatic heterocycles. The molecule has 0 saturated carbocycles. The van der Waals surface area contributed by atoms with Gasteiger partial charge < -0.3 is 15.4 Å². The van der Waals surface area contributed by atoms with Gasteiger partial charge in [-0.1, -0.05) is 24.3 Å². The van der Waals surface area contributed by atoms with Crippen LogP contribution in [0, 0.1) is 13.8 Å². The van der Waals surface area contributed by atoms with Gasteiger partial charge in [-0.25, -0.2) is 0 Å². The standard InChI is InChI=1S/C24H25N3O3/c1-16-10-11-20(13-17(16)2)30-18(3)23(28)27-22-9-5-4-8-21(22)24(29)26-15-19-7-6-12-25-14-19/h4-14,18H,15H2,1-3H3,(H,26,29)(H,27,28)/t18-/m1/s1. The van der Waals surface area contributed by atoms with E-state index in [2.05, 4.69) is 15.6 Å². The van der Waals surface area contributed by atoms with Gasteiger partial charge in [-0.3, -0.25) is 14.6 Å². The fourth-order valence-corrected chi connectivity index (χ4v) is 2.85. The Balaban J connectivity index is 1.65. The van der Waals surface area contributed by atoms with Crippen LogP contribution in [0.4, 0.5) is 5.69 Å². The van der Waals surface area contributed by atoms with Gasteiger partial charge in [-0.15, -0.1) is 0 Å². The summed E-state index contributed by atoms with van der Waals surface area (Å²) in [5.74, 6) is 0.0153. The second-order valence-electron chi connectivity index (χ2n) is 7.08. The first-order valence-electron chi connectivity index (χ1n) is 9.75. The van der Waals surface area contributed by atoms with Crippen molar-refractivity contribution in [3.8, 4) is 5.75 Å². The first-order valence-corrected chi connectivity index (χ1v) is 9.75. The number of rotatable bonds is 7. The van der Waals surface area contributed by atoms with E-state index in [0.29, 0.717) is 23.5 Å². The highest BCUT2D eigenvalue weighted by Crippen LogP contribution is 2.19. The second kappa shape index (κ2) is 9.69. The van der Waals surface area contributed by atoms with Crippen LogP contribution in [0.1, 0.15) is 34.0 Å². The largest absolute Gasteiger partial charge is 0.481 e. The zero-order valence-corrected chi connectivity index (χ0v) is 17.3. The Morgan fingerprint density at radius 2 is 1.83 bits per heavy atom. The lowest BCUT2D eigenvalue weighted by Crippen LogP contribution is -2.31. The third-order valence-corrected chi connectivity index (χ3v) is 4.77. The van der Waals surface area contributed by atoms with Crippen molar-refractivity contribution in [2.24, 2.45) is 0 Å². The van der Waals surface area contributed by atoms with Crippen molar-refractivity contribution in [2.45, 2.75) is 33.4 Å². The van der Waals surface area contributed by atoms with Gasteiger partial charge in [-0.05, 0) is 67.8 Å². The van der Waals surface area contributed by atoms with Crippen LogP contribution in [0.15, 0.2) is 67.0 Å². The minimum atomic E-state index is -0.724. The van der Waals surface area contributed by atoms with Crippen molar-refractivity contribution < 1.29 is 14.3 Å². The minimum absolute atomic E-state index is 0.280. The maximum absolute atomic E-state index is 12.6. The Morgan fingerprint density at radius 3 is 2.57 bits per heavy atom. The topological polar surface area (TPSA) is 80.3 Å². The molecule has 0 saturated heterocycles. The fraction of sp³-hybridized carbons (Fsp3) is 0.208. The zero-order valence-electron chi connectivity index (χ0n) is 17.3. The van der Waals surface area contributed by atoms with Crippen LogP contribution in [0.5, 0.6) is 5.75 Å². The van der Waals surface area contributed by atoms with Gasteiger partial charge in [0.2, 0.25) is 0 Å². The fourth-order valence-electron chi connectivity index (χ4n) is 2.85. The summed E-state index contributed by atoms with van der Waals surface area (Å²) in [4.78, 5) is 29.3. The molecule has 3 rings (SSSR count). The van der Waals surface area contributed by atoms with Crippen molar-refractivity contribution >= 4 is 17.5 Å². The van der Waals surface area contributed by atoms with E-state index < -0.39 is 6.10 Å². The normalized spacial score (nSPS) is 11.4. The molecule has 30 heavy (non-hydrogen) atoms. The Hall–Kier alpha value is -3.67. The van der Waals surface area contributed by atoms with Crippen molar-refractivity contribution in [3.63, 3.8) is 0 Å². The van der Waals surface area contributed by atoms with Crippen molar-refractivity contribution in [1.82, 2.24) is 10.3 Å². The molecule has 0 radical (unpaired) electrons. The summed E-state index contributed by atoms with van der Waals surface area (Å²) < 4.78 is 5.77. The predicted octanol–water partition coefficient (Wildman–Crippen LogP) is 4.03. The molecule has 1 heterocycles. The molecule has 1 atom stereocenters. The lowest BCUT2D eigenvalue weighted by Gasteiger charge is -2.17. The highest BCUT2D eigenvalue weighted by molar-refractivity contribution is 6.04. The molecule has 0 spiro atoms. The minimum Gasteiger partial charge on any atom is -0.481 e. The molecule has 3 aromatic rings. The highest BCUT2D eigenvalue weighted by atomic mass is 16.5. The van der Waals surface area contributed by atoms with Gasteiger partial charge in [0.15, 0.2) is 6.10 Å². The number of carbonyl (C=O) groups excluding carboxylic acids is 2. The van der Waals surface area contributed by atoms with Gasteiger partial charge in [-0.2, -0.15) is 0 Å². The Morgan fingerprint density at radius 1 is 1.03 bits per heavy atom. The summed E-state index contributed by atoms with van der Waals surface area (Å²) >= 11 is 0. The summed E-state index contributed by atoms with van der Waals surface area (Å²) in [7, 11) is 0. The Bertz CT molecular complexity index is 1030. The number of ether oxygens (including phenoxy) is 1. The van der Waals surface area contributed by atoms with Crippen LogP contribution < -0.4 is 15.4 Å². The number of aryl methyl sites for hydroxylation is 2. The van der Waals surface area contributed by atoms with Crippen LogP contribution >= 0.6 is 0 Å². The van der Waals surface area contributed by atoms with E-state index >= 15 is 0 Å². The zero-order chi connectivity index (χ0) is 21.5. The SMILES string of the molecule is Cc1ccc(O[C@H](C)C(=O)Nc2ccccc2C(=O)NCc2cccnc2)cc1C. The second-order valence-corrected chi connectivity index (χ2v) is 7.08. The predicted molar refractivity (Wildman–Crippen MR) is 116 cm³/mol. The van der Waals surface area contributed by atoms with Crippen LogP contribution in [0.3, 0.4) is 0 Å². The van der Waals surface area contributed by atoms with Crippen molar-refractivity contribution in [1.29, 1.82) is 0 Å². The van der Waals surface area contributed by atoms with E-state index in [-0.39, 0.29) is 11.8 Å². The Kier molecular flexibility index (Phi) is 6.80. The molecule has 0 fully saturated rings. The molecule has 1 aromatic heterocycles. The third kappa shape index (κ3) is 5.44. The first kappa shape index (κ1) is 21.0. The van der Waals surface area contributed by atoms with Crippen LogP contribution in [0.2, 0.25) is 0 Å². The molecule has 6 nitrogen and oxygen atoms in total. The molecule has 154 valence electrons. The highest BCUT2D eigenvalue weighted by Gasteiger charge is 2.18. The van der Waals surface area contributed by atoms with Gasteiger partial charge in [0.25, 0.3) is 11.8 Å². The lowest BCUT2D eigenvalue weighted by atomic mass is 10.1. The quantitative estimate of drug-likeness (QED) is 0.624. The number of anilines is 1. The number of carbonyl (C=O) groups is 2. The van der Waals surface area contributed by atoms with E-state index in [1.54, 1.807) is 43.6 Å². The smallest absolute Gasteiger partial charge is 0.265 e. The molecular weight excluding hydrogens is 378 g/mol. The number of amides is 2. The molecule has 2 aromatic carbocycles. The summed E-state index contributed by atoms with van der Waals surface area (Å²) in [6, 6.07) is 16.3. The van der Waals surface area contributed by atoms with E-state index in [0.717, 1.165) is 16.7 Å². The molecule has 0 unspecified atom stereocenters. The molecule has 6 heteroatoms. The number of nitrogens with zero attached hydrogens (tertiary/aromatic N) is 1. The number of pyridine rings is 1. The van der Waals surface area contributed by atoms with Crippen molar-refractivity contribution in [2.75, 3.05) is 5.32 Å². The van der Waals surface area contributed by atoms with E-state index in [1.807, 2.05) is 44.2 Å². The Labute approximate surface area is 176 Å². The average Bonchev–Trinajstić information content (AvgIpc) is 2.75. The van der Waals surface area contributed by atoms with Crippen LogP contribution in [0.25, 0.3) is 0 Å². The monoisotopic (exact) mass is 403 g/mol. The van der Waals surface area contributed by atoms with Crippen LogP contribution in [-0.2, 0) is 11.3 Å². The van der Waals surface area contributed by atoms with E-state index in [4.69, 9.17) is 4.74 Å². The van der Waals surface area contributed by atoms with Gasteiger partial charge in [0, 0.05) is 18.9 Å². The molecule has 0 aliphatic rings. The van der Waals surface area contributed by atoms with Crippen LogP contribution in [-0.4, -0.2) is 22.9 Å². The summed E-state index contributed by atoms with van der Waals surface area (Å²) in [6.07, 6.45) is 2.65. The van der Waals surface area contributed by atoms with Crippen molar-refractivity contribution in [3.05, 3.63) is 89.2 Å². The number of hydrogen-bond donors (Lipinski definition) is 2. The molecule has 0 bridgehead atoms. The first-order chi connectivity index (χ1) is 14.4. The summed E-state index contributed by atoms with van der Waals surface area (Å²) in [5.41, 5.74) is 3.96. The van der Waals surface area contributed by atoms with Gasteiger partial charge in [0.05, 0.1) is 11.3 Å². The lowest BCUT2D eigenvalue weighted by molar-refractivity contribution is -0.122.